The molecule has 0 aliphatic heterocycles. The van der Waals surface area contributed by atoms with E-state index in [4.69, 9.17) is 0 Å². The molecular formula is C24H20FN7S. The van der Waals surface area contributed by atoms with Crippen molar-refractivity contribution in [2.45, 2.75) is 24.3 Å². The van der Waals surface area contributed by atoms with E-state index in [1.54, 1.807) is 22.9 Å². The fraction of sp³-hybridized carbons (Fsp3) is 0.125. The number of nitrogens with zero attached hydrogens (tertiary/aromatic N) is 7. The van der Waals surface area contributed by atoms with Gasteiger partial charge in [0.2, 0.25) is 0 Å². The molecule has 1 unspecified atom stereocenters. The lowest BCUT2D eigenvalue weighted by molar-refractivity contribution is 0.629. The second-order valence-corrected chi connectivity index (χ2v) is 8.81. The lowest BCUT2D eigenvalue weighted by atomic mass is 10.2. The van der Waals surface area contributed by atoms with Gasteiger partial charge in [0.1, 0.15) is 5.82 Å². The number of rotatable bonds is 6. The predicted octanol–water partition coefficient (Wildman–Crippen LogP) is 5.21. The average molecular weight is 458 g/mol. The van der Waals surface area contributed by atoms with Crippen molar-refractivity contribution in [3.05, 3.63) is 96.1 Å². The lowest BCUT2D eigenvalue weighted by Crippen LogP contribution is -2.06. The molecule has 0 saturated heterocycles. The summed E-state index contributed by atoms with van der Waals surface area (Å²) in [4.78, 5) is 0. The van der Waals surface area contributed by atoms with E-state index in [1.807, 2.05) is 73.0 Å². The normalized spacial score (nSPS) is 12.1. The number of halogens is 1. The SMILES string of the molecule is Cc1ccc(-n2c(SC(C)c3nnnn3-c3ccccc3)nnc2-c2ccccc2F)cc1. The minimum Gasteiger partial charge on any atom is -0.270 e. The van der Waals surface area contributed by atoms with E-state index >= 15 is 0 Å². The standard InChI is InChI=1S/C24H20FN7S/c1-16-12-14-18(15-13-16)31-23(20-10-6-7-11-21(20)25)26-28-24(31)33-17(2)22-27-29-30-32(22)19-8-4-3-5-9-19/h3-15,17H,1-2H3. The van der Waals surface area contributed by atoms with E-state index in [0.29, 0.717) is 22.4 Å². The van der Waals surface area contributed by atoms with Gasteiger partial charge < -0.3 is 0 Å². The maximum Gasteiger partial charge on any atom is 0.196 e. The Bertz CT molecular complexity index is 1380. The zero-order chi connectivity index (χ0) is 22.8. The fourth-order valence-corrected chi connectivity index (χ4v) is 4.46. The van der Waals surface area contributed by atoms with Gasteiger partial charge in [-0.2, -0.15) is 4.68 Å². The third-order valence-corrected chi connectivity index (χ3v) is 6.22. The number of aromatic nitrogens is 7. The van der Waals surface area contributed by atoms with E-state index < -0.39 is 0 Å². The van der Waals surface area contributed by atoms with Gasteiger partial charge in [-0.25, -0.2) is 4.39 Å². The Balaban J connectivity index is 1.56. The van der Waals surface area contributed by atoms with Gasteiger partial charge in [0.05, 0.1) is 16.5 Å². The third kappa shape index (κ3) is 4.14. The van der Waals surface area contributed by atoms with Gasteiger partial charge in [-0.1, -0.05) is 59.8 Å². The van der Waals surface area contributed by atoms with E-state index in [-0.39, 0.29) is 11.1 Å². The lowest BCUT2D eigenvalue weighted by Gasteiger charge is -2.14. The molecule has 0 saturated carbocycles. The minimum absolute atomic E-state index is 0.151. The highest BCUT2D eigenvalue weighted by atomic mass is 32.2. The van der Waals surface area contributed by atoms with E-state index in [2.05, 4.69) is 25.7 Å². The van der Waals surface area contributed by atoms with Crippen molar-refractivity contribution < 1.29 is 4.39 Å². The number of hydrogen-bond acceptors (Lipinski definition) is 6. The number of aryl methyl sites for hydroxylation is 1. The largest absolute Gasteiger partial charge is 0.270 e. The number of hydrogen-bond donors (Lipinski definition) is 0. The highest BCUT2D eigenvalue weighted by Crippen LogP contribution is 2.37. The summed E-state index contributed by atoms with van der Waals surface area (Å²) in [6.07, 6.45) is 0. The highest BCUT2D eigenvalue weighted by molar-refractivity contribution is 7.99. The van der Waals surface area contributed by atoms with Crippen molar-refractivity contribution >= 4 is 11.8 Å². The molecule has 0 aliphatic rings. The number of para-hydroxylation sites is 1. The van der Waals surface area contributed by atoms with Crippen molar-refractivity contribution in [3.8, 4) is 22.8 Å². The molecule has 0 fully saturated rings. The third-order valence-electron chi connectivity index (χ3n) is 5.18. The van der Waals surface area contributed by atoms with Crippen LogP contribution in [0, 0.1) is 12.7 Å². The van der Waals surface area contributed by atoms with Gasteiger partial charge in [0.15, 0.2) is 16.8 Å². The molecular weight excluding hydrogens is 437 g/mol. The summed E-state index contributed by atoms with van der Waals surface area (Å²) in [6, 6.07) is 24.3. The van der Waals surface area contributed by atoms with Crippen LogP contribution in [-0.4, -0.2) is 35.0 Å². The summed E-state index contributed by atoms with van der Waals surface area (Å²) >= 11 is 1.46. The molecule has 0 spiro atoms. The Labute approximate surface area is 194 Å². The Hall–Kier alpha value is -3.85. The summed E-state index contributed by atoms with van der Waals surface area (Å²) in [5.74, 6) is 0.766. The van der Waals surface area contributed by atoms with E-state index in [0.717, 1.165) is 16.9 Å². The van der Waals surface area contributed by atoms with Crippen LogP contribution in [0.15, 0.2) is 84.0 Å². The zero-order valence-electron chi connectivity index (χ0n) is 18.0. The zero-order valence-corrected chi connectivity index (χ0v) is 18.8. The first-order valence-electron chi connectivity index (χ1n) is 10.4. The highest BCUT2D eigenvalue weighted by Gasteiger charge is 2.23. The van der Waals surface area contributed by atoms with Gasteiger partial charge in [0, 0.05) is 5.69 Å². The maximum absolute atomic E-state index is 14.7. The van der Waals surface area contributed by atoms with Crippen LogP contribution in [0.5, 0.6) is 0 Å². The smallest absolute Gasteiger partial charge is 0.196 e. The Morgan fingerprint density at radius 2 is 1.55 bits per heavy atom. The predicted molar refractivity (Wildman–Crippen MR) is 125 cm³/mol. The Kier molecular flexibility index (Phi) is 5.70. The number of tetrazole rings is 1. The molecule has 0 N–H and O–H groups in total. The van der Waals surface area contributed by atoms with Crippen LogP contribution in [0.4, 0.5) is 4.39 Å². The Morgan fingerprint density at radius 3 is 2.30 bits per heavy atom. The van der Waals surface area contributed by atoms with Crippen LogP contribution in [0.3, 0.4) is 0 Å². The molecule has 3 aromatic carbocycles. The summed E-state index contributed by atoms with van der Waals surface area (Å²) in [6.45, 7) is 4.03. The molecule has 33 heavy (non-hydrogen) atoms. The maximum atomic E-state index is 14.7. The van der Waals surface area contributed by atoms with Crippen molar-refractivity contribution in [1.29, 1.82) is 0 Å². The molecule has 5 aromatic rings. The van der Waals surface area contributed by atoms with Crippen LogP contribution in [0.25, 0.3) is 22.8 Å². The van der Waals surface area contributed by atoms with Crippen LogP contribution in [0.2, 0.25) is 0 Å². The first-order chi connectivity index (χ1) is 16.1. The second kappa shape index (κ2) is 8.95. The molecule has 0 bridgehead atoms. The van der Waals surface area contributed by atoms with Crippen LogP contribution >= 0.6 is 11.8 Å². The van der Waals surface area contributed by atoms with Crippen molar-refractivity contribution in [1.82, 2.24) is 35.0 Å². The minimum atomic E-state index is -0.351. The molecule has 7 nitrogen and oxygen atoms in total. The number of benzene rings is 3. The quantitative estimate of drug-likeness (QED) is 0.326. The topological polar surface area (TPSA) is 74.3 Å². The van der Waals surface area contributed by atoms with Crippen molar-refractivity contribution in [2.75, 3.05) is 0 Å². The van der Waals surface area contributed by atoms with Crippen LogP contribution in [-0.2, 0) is 0 Å². The van der Waals surface area contributed by atoms with Crippen LogP contribution < -0.4 is 0 Å². The Morgan fingerprint density at radius 1 is 0.818 bits per heavy atom. The van der Waals surface area contributed by atoms with Crippen LogP contribution in [0.1, 0.15) is 23.6 Å². The fourth-order valence-electron chi connectivity index (χ4n) is 3.50. The monoisotopic (exact) mass is 457 g/mol. The second-order valence-electron chi connectivity index (χ2n) is 7.50. The first-order valence-corrected chi connectivity index (χ1v) is 11.3. The molecule has 0 radical (unpaired) electrons. The molecule has 2 heterocycles. The molecule has 164 valence electrons. The summed E-state index contributed by atoms with van der Waals surface area (Å²) in [5, 5.41) is 21.5. The molecule has 2 aromatic heterocycles. The van der Waals surface area contributed by atoms with Crippen molar-refractivity contribution in [2.24, 2.45) is 0 Å². The molecule has 5 rings (SSSR count). The van der Waals surface area contributed by atoms with E-state index in [9.17, 15) is 4.39 Å². The van der Waals surface area contributed by atoms with Crippen molar-refractivity contribution in [3.63, 3.8) is 0 Å². The molecule has 1 atom stereocenters. The van der Waals surface area contributed by atoms with Gasteiger partial charge in [-0.3, -0.25) is 4.57 Å². The average Bonchev–Trinajstić information content (AvgIpc) is 3.48. The van der Waals surface area contributed by atoms with Gasteiger partial charge >= 0.3 is 0 Å². The van der Waals surface area contributed by atoms with E-state index in [1.165, 1.54) is 17.8 Å². The molecule has 9 heteroatoms. The first kappa shape index (κ1) is 21.0. The molecule has 0 amide bonds. The molecule has 0 aliphatic carbocycles. The van der Waals surface area contributed by atoms with Gasteiger partial charge in [0.25, 0.3) is 0 Å². The summed E-state index contributed by atoms with van der Waals surface area (Å²) in [7, 11) is 0. The number of thioether (sulfide) groups is 1. The summed E-state index contributed by atoms with van der Waals surface area (Å²) < 4.78 is 18.2. The van der Waals surface area contributed by atoms with Gasteiger partial charge in [-0.05, 0) is 60.7 Å². The van der Waals surface area contributed by atoms with Gasteiger partial charge in [-0.15, -0.1) is 15.3 Å². The summed E-state index contributed by atoms with van der Waals surface area (Å²) in [5.41, 5.74) is 3.24.